The van der Waals surface area contributed by atoms with E-state index < -0.39 is 0 Å². The molecule has 0 aliphatic heterocycles. The van der Waals surface area contributed by atoms with E-state index in [9.17, 15) is 4.79 Å². The highest BCUT2D eigenvalue weighted by atomic mass is 32.1. The van der Waals surface area contributed by atoms with Crippen molar-refractivity contribution in [2.45, 2.75) is 26.8 Å². The zero-order valence-electron chi connectivity index (χ0n) is 12.7. The van der Waals surface area contributed by atoms with E-state index in [2.05, 4.69) is 18.8 Å². The van der Waals surface area contributed by atoms with E-state index in [4.69, 9.17) is 21.7 Å². The van der Waals surface area contributed by atoms with Crippen molar-refractivity contribution in [2.24, 2.45) is 5.92 Å². The normalized spacial score (nSPS) is 12.4. The zero-order valence-corrected chi connectivity index (χ0v) is 13.5. The Bertz CT molecular complexity index is 764. The van der Waals surface area contributed by atoms with Crippen LogP contribution in [0.3, 0.4) is 0 Å². The Morgan fingerprint density at radius 3 is 2.48 bits per heavy atom. The van der Waals surface area contributed by atoms with Crippen LogP contribution in [-0.2, 0) is 6.54 Å². The topological polar surface area (TPSA) is 56.2 Å². The van der Waals surface area contributed by atoms with Crippen LogP contribution in [0.4, 0.5) is 0 Å². The first-order valence-electron chi connectivity index (χ1n) is 6.90. The summed E-state index contributed by atoms with van der Waals surface area (Å²) >= 11 is 5.31. The second kappa shape index (κ2) is 6.30. The van der Waals surface area contributed by atoms with Gasteiger partial charge >= 0.3 is 0 Å². The second-order valence-electron chi connectivity index (χ2n) is 5.11. The number of ether oxygens (including phenoxy) is 2. The Hall–Kier alpha value is -1.82. The van der Waals surface area contributed by atoms with Gasteiger partial charge in [-0.25, -0.2) is 0 Å². The van der Waals surface area contributed by atoms with Gasteiger partial charge in [-0.1, -0.05) is 20.3 Å². The summed E-state index contributed by atoms with van der Waals surface area (Å²) < 4.78 is 12.5. The number of rotatable bonds is 5. The predicted molar refractivity (Wildman–Crippen MR) is 86.0 cm³/mol. The number of nitrogens with zero attached hydrogens (tertiary/aromatic N) is 1. The molecule has 1 N–H and O–H groups in total. The molecule has 0 spiro atoms. The molecule has 1 aromatic carbocycles. The standard InChI is InChI=1S/C15H20N2O3S/c1-5-9(2)8-17-14(18)10-6-12(19-3)13(20-4)7-11(10)16-15(17)21/h6-7,9H,5,8H2,1-4H3,(H,16,21). The molecule has 0 radical (unpaired) electrons. The molecule has 6 heteroatoms. The molecule has 2 aromatic rings. The molecule has 21 heavy (non-hydrogen) atoms. The molecule has 0 saturated heterocycles. The Kier molecular flexibility index (Phi) is 4.67. The van der Waals surface area contributed by atoms with E-state index in [1.807, 2.05) is 0 Å². The number of aromatic nitrogens is 2. The highest BCUT2D eigenvalue weighted by Gasteiger charge is 2.12. The Labute approximate surface area is 128 Å². The minimum Gasteiger partial charge on any atom is -0.493 e. The molecule has 0 amide bonds. The van der Waals surface area contributed by atoms with Gasteiger partial charge in [-0.3, -0.25) is 9.36 Å². The largest absolute Gasteiger partial charge is 0.493 e. The lowest BCUT2D eigenvalue weighted by molar-refractivity contribution is 0.355. The molecule has 114 valence electrons. The minimum atomic E-state index is -0.102. The summed E-state index contributed by atoms with van der Waals surface area (Å²) in [6, 6.07) is 3.42. The van der Waals surface area contributed by atoms with Crippen LogP contribution in [0.15, 0.2) is 16.9 Å². The van der Waals surface area contributed by atoms with Crippen LogP contribution in [-0.4, -0.2) is 23.8 Å². The van der Waals surface area contributed by atoms with E-state index >= 15 is 0 Å². The number of hydrogen-bond acceptors (Lipinski definition) is 4. The van der Waals surface area contributed by atoms with Gasteiger partial charge in [-0.05, 0) is 24.2 Å². The van der Waals surface area contributed by atoms with Gasteiger partial charge in [0.25, 0.3) is 5.56 Å². The summed E-state index contributed by atoms with van der Waals surface area (Å²) in [6.45, 7) is 4.80. The number of hydrogen-bond donors (Lipinski definition) is 1. The van der Waals surface area contributed by atoms with Gasteiger partial charge in [-0.2, -0.15) is 0 Å². The average molecular weight is 308 g/mol. The fraction of sp³-hybridized carbons (Fsp3) is 0.467. The van der Waals surface area contributed by atoms with Crippen molar-refractivity contribution in [1.82, 2.24) is 9.55 Å². The number of aromatic amines is 1. The summed E-state index contributed by atoms with van der Waals surface area (Å²) in [5.74, 6) is 1.48. The maximum atomic E-state index is 12.6. The van der Waals surface area contributed by atoms with Crippen molar-refractivity contribution in [3.8, 4) is 11.5 Å². The smallest absolute Gasteiger partial charge is 0.262 e. The molecule has 0 saturated carbocycles. The first kappa shape index (κ1) is 15.6. The Balaban J connectivity index is 2.70. The van der Waals surface area contributed by atoms with Crippen LogP contribution in [0.1, 0.15) is 20.3 Å². The number of H-pyrrole nitrogens is 1. The van der Waals surface area contributed by atoms with Crippen molar-refractivity contribution in [1.29, 1.82) is 0 Å². The summed E-state index contributed by atoms with van der Waals surface area (Å²) in [4.78, 5) is 15.7. The number of benzene rings is 1. The lowest BCUT2D eigenvalue weighted by Crippen LogP contribution is -2.25. The first-order chi connectivity index (χ1) is 10.0. The van der Waals surface area contributed by atoms with Crippen LogP contribution in [0, 0.1) is 10.7 Å². The van der Waals surface area contributed by atoms with E-state index in [-0.39, 0.29) is 5.56 Å². The highest BCUT2D eigenvalue weighted by molar-refractivity contribution is 7.71. The Morgan fingerprint density at radius 2 is 1.90 bits per heavy atom. The highest BCUT2D eigenvalue weighted by Crippen LogP contribution is 2.29. The van der Waals surface area contributed by atoms with Crippen molar-refractivity contribution in [2.75, 3.05) is 14.2 Å². The van der Waals surface area contributed by atoms with Gasteiger partial charge < -0.3 is 14.5 Å². The summed E-state index contributed by atoms with van der Waals surface area (Å²) in [5.41, 5.74) is 0.554. The quantitative estimate of drug-likeness (QED) is 0.862. The van der Waals surface area contributed by atoms with Crippen LogP contribution >= 0.6 is 12.2 Å². The van der Waals surface area contributed by atoms with E-state index in [1.165, 1.54) is 0 Å². The number of fused-ring (bicyclic) bond motifs is 1. The molecular formula is C15H20N2O3S. The molecule has 0 bridgehead atoms. The third-order valence-electron chi connectivity index (χ3n) is 3.68. The summed E-state index contributed by atoms with van der Waals surface area (Å²) in [6.07, 6.45) is 0.991. The molecular weight excluding hydrogens is 288 g/mol. The first-order valence-corrected chi connectivity index (χ1v) is 7.31. The SMILES string of the molecule is CCC(C)Cn1c(=S)[nH]c2cc(OC)c(OC)cc2c1=O. The van der Waals surface area contributed by atoms with Crippen LogP contribution < -0.4 is 15.0 Å². The maximum absolute atomic E-state index is 12.6. The molecule has 1 aromatic heterocycles. The molecule has 5 nitrogen and oxygen atoms in total. The second-order valence-corrected chi connectivity index (χ2v) is 5.50. The van der Waals surface area contributed by atoms with E-state index in [0.717, 1.165) is 6.42 Å². The molecule has 1 heterocycles. The summed E-state index contributed by atoms with van der Waals surface area (Å²) in [5, 5.41) is 0.546. The van der Waals surface area contributed by atoms with Gasteiger partial charge in [0.15, 0.2) is 16.3 Å². The average Bonchev–Trinajstić information content (AvgIpc) is 2.49. The van der Waals surface area contributed by atoms with Crippen LogP contribution in [0.2, 0.25) is 0 Å². The molecule has 1 atom stereocenters. The van der Waals surface area contributed by atoms with Crippen molar-refractivity contribution >= 4 is 23.1 Å². The van der Waals surface area contributed by atoms with Gasteiger partial charge in [0.1, 0.15) is 0 Å². The number of methoxy groups -OCH3 is 2. The lowest BCUT2D eigenvalue weighted by Gasteiger charge is -2.14. The molecule has 0 fully saturated rings. The Morgan fingerprint density at radius 1 is 1.29 bits per heavy atom. The predicted octanol–water partition coefficient (Wildman–Crippen LogP) is 3.12. The molecule has 1 unspecified atom stereocenters. The fourth-order valence-electron chi connectivity index (χ4n) is 2.19. The van der Waals surface area contributed by atoms with Crippen molar-refractivity contribution in [3.05, 3.63) is 27.3 Å². The van der Waals surface area contributed by atoms with Crippen molar-refractivity contribution < 1.29 is 9.47 Å². The van der Waals surface area contributed by atoms with Crippen LogP contribution in [0.5, 0.6) is 11.5 Å². The third kappa shape index (κ3) is 2.95. The lowest BCUT2D eigenvalue weighted by atomic mass is 10.1. The minimum absolute atomic E-state index is 0.102. The molecule has 0 aliphatic rings. The number of nitrogens with one attached hydrogen (secondary N) is 1. The third-order valence-corrected chi connectivity index (χ3v) is 4.00. The summed E-state index contributed by atoms with van der Waals surface area (Å²) in [7, 11) is 3.11. The van der Waals surface area contributed by atoms with Crippen molar-refractivity contribution in [3.63, 3.8) is 0 Å². The molecule has 0 aliphatic carbocycles. The van der Waals surface area contributed by atoms with Gasteiger partial charge in [0.2, 0.25) is 0 Å². The van der Waals surface area contributed by atoms with Gasteiger partial charge in [0, 0.05) is 12.6 Å². The zero-order chi connectivity index (χ0) is 15.6. The van der Waals surface area contributed by atoms with Gasteiger partial charge in [0.05, 0.1) is 25.1 Å². The van der Waals surface area contributed by atoms with E-state index in [0.29, 0.717) is 39.6 Å². The van der Waals surface area contributed by atoms with Gasteiger partial charge in [-0.15, -0.1) is 0 Å². The van der Waals surface area contributed by atoms with Crippen LogP contribution in [0.25, 0.3) is 10.9 Å². The maximum Gasteiger partial charge on any atom is 0.262 e. The monoisotopic (exact) mass is 308 g/mol. The fourth-order valence-corrected chi connectivity index (χ4v) is 2.45. The van der Waals surface area contributed by atoms with E-state index in [1.54, 1.807) is 30.9 Å². The molecule has 2 rings (SSSR count).